The van der Waals surface area contributed by atoms with E-state index in [-0.39, 0.29) is 6.04 Å². The molecule has 0 unspecified atom stereocenters. The maximum Gasteiger partial charge on any atom is 0.231 e. The standard InChI is InChI=1S/C23H23NO4/c1-4-5-17-22-15(6-7-19(25-2)23(22)26-3)10-18-16-12-21-20(27-13-28-21)11-14(16)8-9-24(17)18/h4,6-7,10-12,17H,1,5,8-9,13H2,2-3H3/t17-/m1/s1. The number of nitrogens with zero attached hydrogens (tertiary/aromatic N) is 1. The molecule has 0 saturated carbocycles. The van der Waals surface area contributed by atoms with Gasteiger partial charge in [0.05, 0.1) is 20.3 Å². The van der Waals surface area contributed by atoms with Gasteiger partial charge in [-0.05, 0) is 48.2 Å². The Morgan fingerprint density at radius 1 is 1.18 bits per heavy atom. The minimum Gasteiger partial charge on any atom is -0.493 e. The molecule has 28 heavy (non-hydrogen) atoms. The van der Waals surface area contributed by atoms with Gasteiger partial charge in [0.25, 0.3) is 0 Å². The lowest BCUT2D eigenvalue weighted by Gasteiger charge is -2.43. The normalized spacial score (nSPS) is 18.6. The first-order valence-electron chi connectivity index (χ1n) is 9.52. The third kappa shape index (κ3) is 2.39. The van der Waals surface area contributed by atoms with Gasteiger partial charge in [-0.25, -0.2) is 0 Å². The lowest BCUT2D eigenvalue weighted by Crippen LogP contribution is -2.35. The number of rotatable bonds is 4. The molecule has 3 aliphatic heterocycles. The number of hydrogen-bond acceptors (Lipinski definition) is 5. The Labute approximate surface area is 164 Å². The van der Waals surface area contributed by atoms with Crippen LogP contribution in [0.5, 0.6) is 23.0 Å². The van der Waals surface area contributed by atoms with Gasteiger partial charge in [0.15, 0.2) is 23.0 Å². The Balaban J connectivity index is 1.72. The molecule has 144 valence electrons. The summed E-state index contributed by atoms with van der Waals surface area (Å²) in [5, 5.41) is 0. The van der Waals surface area contributed by atoms with Gasteiger partial charge in [-0.3, -0.25) is 0 Å². The zero-order valence-electron chi connectivity index (χ0n) is 16.2. The predicted octanol–water partition coefficient (Wildman–Crippen LogP) is 4.42. The van der Waals surface area contributed by atoms with Crippen LogP contribution in [0.3, 0.4) is 0 Å². The Hall–Kier alpha value is -3.08. The number of methoxy groups -OCH3 is 2. The summed E-state index contributed by atoms with van der Waals surface area (Å²) >= 11 is 0. The first-order chi connectivity index (χ1) is 13.7. The van der Waals surface area contributed by atoms with Crippen LogP contribution < -0.4 is 18.9 Å². The van der Waals surface area contributed by atoms with Crippen molar-refractivity contribution >= 4 is 11.8 Å². The van der Waals surface area contributed by atoms with Crippen LogP contribution in [0, 0.1) is 0 Å². The molecule has 0 spiro atoms. The van der Waals surface area contributed by atoms with Crippen molar-refractivity contribution in [3.8, 4) is 23.0 Å². The largest absolute Gasteiger partial charge is 0.493 e. The second-order valence-corrected chi connectivity index (χ2v) is 7.18. The van der Waals surface area contributed by atoms with Gasteiger partial charge < -0.3 is 23.8 Å². The van der Waals surface area contributed by atoms with Crippen LogP contribution in [0.2, 0.25) is 0 Å². The molecule has 2 aromatic carbocycles. The van der Waals surface area contributed by atoms with Crippen molar-refractivity contribution in [3.63, 3.8) is 0 Å². The fourth-order valence-corrected chi connectivity index (χ4v) is 4.57. The Morgan fingerprint density at radius 3 is 2.75 bits per heavy atom. The maximum atomic E-state index is 5.77. The molecule has 5 nitrogen and oxygen atoms in total. The monoisotopic (exact) mass is 377 g/mol. The molecule has 3 heterocycles. The quantitative estimate of drug-likeness (QED) is 0.738. The van der Waals surface area contributed by atoms with Gasteiger partial charge in [-0.15, -0.1) is 6.58 Å². The summed E-state index contributed by atoms with van der Waals surface area (Å²) < 4.78 is 22.5. The van der Waals surface area contributed by atoms with Crippen molar-refractivity contribution in [1.29, 1.82) is 0 Å². The van der Waals surface area contributed by atoms with Crippen LogP contribution in [0.1, 0.15) is 34.7 Å². The summed E-state index contributed by atoms with van der Waals surface area (Å²) in [6.07, 6.45) is 6.01. The Kier molecular flexibility index (Phi) is 3.97. The highest BCUT2D eigenvalue weighted by atomic mass is 16.7. The molecule has 0 fully saturated rings. The molecular formula is C23H23NO4. The summed E-state index contributed by atoms with van der Waals surface area (Å²) in [5.41, 5.74) is 6.04. The third-order valence-corrected chi connectivity index (χ3v) is 5.82. The zero-order valence-corrected chi connectivity index (χ0v) is 16.2. The smallest absolute Gasteiger partial charge is 0.231 e. The summed E-state index contributed by atoms with van der Waals surface area (Å²) in [5.74, 6) is 3.23. The van der Waals surface area contributed by atoms with Crippen molar-refractivity contribution in [2.45, 2.75) is 18.9 Å². The van der Waals surface area contributed by atoms with Gasteiger partial charge in [0.1, 0.15) is 0 Å². The maximum absolute atomic E-state index is 5.77. The first kappa shape index (κ1) is 17.0. The van der Waals surface area contributed by atoms with Crippen molar-refractivity contribution in [2.75, 3.05) is 27.6 Å². The fraction of sp³-hybridized carbons (Fsp3) is 0.304. The van der Waals surface area contributed by atoms with Gasteiger partial charge in [0.2, 0.25) is 6.79 Å². The molecular weight excluding hydrogens is 354 g/mol. The summed E-state index contributed by atoms with van der Waals surface area (Å²) in [4.78, 5) is 2.45. The number of hydrogen-bond donors (Lipinski definition) is 0. The molecule has 0 amide bonds. The third-order valence-electron chi connectivity index (χ3n) is 5.82. The van der Waals surface area contributed by atoms with Crippen molar-refractivity contribution < 1.29 is 18.9 Å². The van der Waals surface area contributed by atoms with E-state index in [0.717, 1.165) is 53.5 Å². The summed E-state index contributed by atoms with van der Waals surface area (Å²) in [6, 6.07) is 8.47. The molecule has 3 aliphatic rings. The highest BCUT2D eigenvalue weighted by Gasteiger charge is 2.36. The van der Waals surface area contributed by atoms with Crippen molar-refractivity contribution in [1.82, 2.24) is 4.90 Å². The van der Waals surface area contributed by atoms with Crippen molar-refractivity contribution in [2.24, 2.45) is 0 Å². The minimum atomic E-state index is 0.149. The van der Waals surface area contributed by atoms with Crippen LogP contribution >= 0.6 is 0 Å². The topological polar surface area (TPSA) is 40.2 Å². The Bertz CT molecular complexity index is 995. The van der Waals surface area contributed by atoms with Gasteiger partial charge in [0, 0.05) is 23.4 Å². The Morgan fingerprint density at radius 2 is 2.00 bits per heavy atom. The molecule has 1 atom stereocenters. The van der Waals surface area contributed by atoms with Crippen molar-refractivity contribution in [3.05, 3.63) is 59.2 Å². The number of fused-ring (bicyclic) bond motifs is 5. The molecule has 0 aliphatic carbocycles. The van der Waals surface area contributed by atoms with E-state index in [1.54, 1.807) is 14.2 Å². The predicted molar refractivity (Wildman–Crippen MR) is 108 cm³/mol. The van der Waals surface area contributed by atoms with Crippen LogP contribution in [0.25, 0.3) is 11.8 Å². The molecule has 0 saturated heterocycles. The van der Waals surface area contributed by atoms with Gasteiger partial charge in [-0.1, -0.05) is 12.1 Å². The molecule has 0 bridgehead atoms. The molecule has 2 aromatic rings. The SMILES string of the molecule is C=CC[C@@H]1c2c(ccc(OC)c2OC)C=C2c3cc4c(cc3CCN21)OCO4. The van der Waals surface area contributed by atoms with Crippen LogP contribution in [0.4, 0.5) is 0 Å². The van der Waals surface area contributed by atoms with E-state index < -0.39 is 0 Å². The van der Waals surface area contributed by atoms with Crippen LogP contribution in [-0.4, -0.2) is 32.5 Å². The second-order valence-electron chi connectivity index (χ2n) is 7.18. The number of ether oxygens (including phenoxy) is 4. The number of benzene rings is 2. The van der Waals surface area contributed by atoms with Crippen LogP contribution in [0.15, 0.2) is 36.9 Å². The lowest BCUT2D eigenvalue weighted by atomic mass is 9.85. The minimum absolute atomic E-state index is 0.149. The van der Waals surface area contributed by atoms with E-state index in [4.69, 9.17) is 18.9 Å². The van der Waals surface area contributed by atoms with Gasteiger partial charge >= 0.3 is 0 Å². The lowest BCUT2D eigenvalue weighted by molar-refractivity contribution is 0.174. The van der Waals surface area contributed by atoms with E-state index in [9.17, 15) is 0 Å². The molecule has 0 radical (unpaired) electrons. The van der Waals surface area contributed by atoms with E-state index >= 15 is 0 Å². The molecule has 0 aromatic heterocycles. The average molecular weight is 377 g/mol. The summed E-state index contributed by atoms with van der Waals surface area (Å²) in [6.45, 7) is 5.22. The highest BCUT2D eigenvalue weighted by molar-refractivity contribution is 5.88. The van der Waals surface area contributed by atoms with E-state index in [0.29, 0.717) is 6.79 Å². The molecule has 5 heteroatoms. The van der Waals surface area contributed by atoms with Crippen LogP contribution in [-0.2, 0) is 6.42 Å². The average Bonchev–Trinajstić information content (AvgIpc) is 3.18. The van der Waals surface area contributed by atoms with E-state index in [1.165, 1.54) is 16.8 Å². The van der Waals surface area contributed by atoms with E-state index in [2.05, 4.69) is 35.8 Å². The fourth-order valence-electron chi connectivity index (χ4n) is 4.57. The highest BCUT2D eigenvalue weighted by Crippen LogP contribution is 2.50. The summed E-state index contributed by atoms with van der Waals surface area (Å²) in [7, 11) is 3.38. The molecule has 5 rings (SSSR count). The zero-order chi connectivity index (χ0) is 19.3. The molecule has 0 N–H and O–H groups in total. The van der Waals surface area contributed by atoms with Gasteiger partial charge in [-0.2, -0.15) is 0 Å². The second kappa shape index (κ2) is 6.51. The van der Waals surface area contributed by atoms with E-state index in [1.807, 2.05) is 12.1 Å². The first-order valence-corrected chi connectivity index (χ1v) is 9.52.